The highest BCUT2D eigenvalue weighted by molar-refractivity contribution is 8.26. The molecule has 1 amide bonds. The largest absolute Gasteiger partial charge is 0.481 e. The summed E-state index contributed by atoms with van der Waals surface area (Å²) in [6.07, 6.45) is 5.35. The zero-order chi connectivity index (χ0) is 18.6. The molecule has 6 heteroatoms. The molecule has 1 fully saturated rings. The zero-order valence-corrected chi connectivity index (χ0v) is 16.1. The van der Waals surface area contributed by atoms with Gasteiger partial charge in [0.25, 0.3) is 5.91 Å². The van der Waals surface area contributed by atoms with E-state index in [1.54, 1.807) is 6.08 Å². The second-order valence-corrected chi connectivity index (χ2v) is 8.41. The second-order valence-electron chi connectivity index (χ2n) is 6.73. The van der Waals surface area contributed by atoms with Crippen molar-refractivity contribution in [2.24, 2.45) is 0 Å². The van der Waals surface area contributed by atoms with Crippen LogP contribution in [0.2, 0.25) is 0 Å². The molecule has 132 valence electrons. The number of hydrogen-bond donors (Lipinski definition) is 1. The average molecular weight is 376 g/mol. The van der Waals surface area contributed by atoms with Crippen LogP contribution < -0.4 is 0 Å². The van der Waals surface area contributed by atoms with Crippen molar-refractivity contribution in [3.8, 4) is 0 Å². The topological polar surface area (TPSA) is 57.6 Å². The third-order valence-corrected chi connectivity index (χ3v) is 5.13. The Labute approximate surface area is 157 Å². The van der Waals surface area contributed by atoms with Crippen molar-refractivity contribution in [1.29, 1.82) is 0 Å². The molecule has 1 aromatic rings. The molecule has 4 nitrogen and oxygen atoms in total. The van der Waals surface area contributed by atoms with E-state index >= 15 is 0 Å². The number of amides is 1. The van der Waals surface area contributed by atoms with E-state index in [4.69, 9.17) is 17.3 Å². The number of aliphatic carboxylic acids is 1. The van der Waals surface area contributed by atoms with Crippen LogP contribution in [0.25, 0.3) is 6.08 Å². The smallest absolute Gasteiger partial charge is 0.305 e. The van der Waals surface area contributed by atoms with Gasteiger partial charge in [-0.3, -0.25) is 14.5 Å². The Morgan fingerprint density at radius 2 is 1.92 bits per heavy atom. The van der Waals surface area contributed by atoms with Crippen LogP contribution in [-0.2, 0) is 15.0 Å². The van der Waals surface area contributed by atoms with Crippen LogP contribution in [0.4, 0.5) is 0 Å². The van der Waals surface area contributed by atoms with E-state index in [0.29, 0.717) is 9.23 Å². The van der Waals surface area contributed by atoms with Gasteiger partial charge in [0.05, 0.1) is 11.3 Å². The van der Waals surface area contributed by atoms with Gasteiger partial charge >= 0.3 is 5.97 Å². The number of carbonyl (C=O) groups excluding carboxylic acids is 1. The van der Waals surface area contributed by atoms with Crippen LogP contribution in [0.5, 0.6) is 0 Å². The van der Waals surface area contributed by atoms with E-state index in [1.807, 2.05) is 24.3 Å². The molecule has 0 unspecified atom stereocenters. The van der Waals surface area contributed by atoms with Crippen molar-refractivity contribution < 1.29 is 14.7 Å². The van der Waals surface area contributed by atoms with Gasteiger partial charge in [0.2, 0.25) is 0 Å². The average Bonchev–Trinajstić information content (AvgIpc) is 2.79. The maximum atomic E-state index is 12.2. The number of rotatable bonds is 5. The number of thiocarbonyl (C=S) groups is 1. The van der Waals surface area contributed by atoms with Gasteiger partial charge in [-0.1, -0.05) is 81.2 Å². The van der Waals surface area contributed by atoms with Crippen molar-refractivity contribution in [2.75, 3.05) is 6.54 Å². The second kappa shape index (κ2) is 7.97. The van der Waals surface area contributed by atoms with E-state index in [2.05, 4.69) is 32.9 Å². The molecule has 1 aliphatic rings. The Balaban J connectivity index is 2.04. The van der Waals surface area contributed by atoms with Crippen molar-refractivity contribution in [3.63, 3.8) is 0 Å². The Kier molecular flexibility index (Phi) is 6.19. The fourth-order valence-corrected chi connectivity index (χ4v) is 3.52. The molecule has 0 radical (unpaired) electrons. The van der Waals surface area contributed by atoms with Crippen LogP contribution in [-0.4, -0.2) is 32.7 Å². The van der Waals surface area contributed by atoms with Crippen LogP contribution in [0.3, 0.4) is 0 Å². The minimum atomic E-state index is -0.948. The summed E-state index contributed by atoms with van der Waals surface area (Å²) in [5, 5.41) is 8.74. The SMILES string of the molecule is CC(C)(C)c1ccc(C=CC=C2SC(=S)N(CCC(=O)O)C2=O)cc1. The first-order chi connectivity index (χ1) is 11.7. The number of carboxylic acids is 1. The zero-order valence-electron chi connectivity index (χ0n) is 14.5. The molecular formula is C19H21NO3S2. The maximum Gasteiger partial charge on any atom is 0.305 e. The van der Waals surface area contributed by atoms with Gasteiger partial charge in [0.15, 0.2) is 0 Å². The summed E-state index contributed by atoms with van der Waals surface area (Å²) in [7, 11) is 0. The summed E-state index contributed by atoms with van der Waals surface area (Å²) in [5.41, 5.74) is 2.43. The lowest BCUT2D eigenvalue weighted by Gasteiger charge is -2.18. The number of nitrogens with zero attached hydrogens (tertiary/aromatic N) is 1. The maximum absolute atomic E-state index is 12.2. The van der Waals surface area contributed by atoms with Gasteiger partial charge in [-0.2, -0.15) is 0 Å². The van der Waals surface area contributed by atoms with Crippen molar-refractivity contribution in [2.45, 2.75) is 32.6 Å². The Morgan fingerprint density at radius 3 is 2.48 bits per heavy atom. The van der Waals surface area contributed by atoms with Crippen molar-refractivity contribution in [3.05, 3.63) is 52.4 Å². The summed E-state index contributed by atoms with van der Waals surface area (Å²) in [5.74, 6) is -1.18. The van der Waals surface area contributed by atoms with E-state index in [-0.39, 0.29) is 24.3 Å². The lowest BCUT2D eigenvalue weighted by Crippen LogP contribution is -2.30. The predicted octanol–water partition coefficient (Wildman–Crippen LogP) is 4.22. The van der Waals surface area contributed by atoms with Crippen LogP contribution in [0.1, 0.15) is 38.3 Å². The van der Waals surface area contributed by atoms with Gasteiger partial charge in [-0.05, 0) is 22.6 Å². The first kappa shape index (κ1) is 19.4. The summed E-state index contributed by atoms with van der Waals surface area (Å²) < 4.78 is 0.403. The molecule has 0 aliphatic carbocycles. The van der Waals surface area contributed by atoms with Gasteiger partial charge in [-0.15, -0.1) is 0 Å². The van der Waals surface area contributed by atoms with E-state index < -0.39 is 5.97 Å². The third-order valence-electron chi connectivity index (χ3n) is 3.74. The molecule has 1 heterocycles. The fraction of sp³-hybridized carbons (Fsp3) is 0.316. The lowest BCUT2D eigenvalue weighted by atomic mass is 9.87. The molecule has 0 spiro atoms. The quantitative estimate of drug-likeness (QED) is 0.617. The molecule has 2 rings (SSSR count). The number of benzene rings is 1. The molecule has 0 aromatic heterocycles. The molecule has 1 aromatic carbocycles. The fourth-order valence-electron chi connectivity index (χ4n) is 2.26. The third kappa shape index (κ3) is 5.28. The van der Waals surface area contributed by atoms with Gasteiger partial charge < -0.3 is 5.11 Å². The van der Waals surface area contributed by atoms with Gasteiger partial charge in [0.1, 0.15) is 4.32 Å². The summed E-state index contributed by atoms with van der Waals surface area (Å²) >= 11 is 6.35. The molecular weight excluding hydrogens is 354 g/mol. The van der Waals surface area contributed by atoms with Crippen LogP contribution in [0, 0.1) is 0 Å². The number of allylic oxidation sites excluding steroid dienone is 2. The highest BCUT2D eigenvalue weighted by Crippen LogP contribution is 2.31. The molecule has 25 heavy (non-hydrogen) atoms. The van der Waals surface area contributed by atoms with Crippen molar-refractivity contribution in [1.82, 2.24) is 4.90 Å². The van der Waals surface area contributed by atoms with E-state index in [9.17, 15) is 9.59 Å². The molecule has 1 aliphatic heterocycles. The van der Waals surface area contributed by atoms with Gasteiger partial charge in [0, 0.05) is 6.54 Å². The monoisotopic (exact) mass is 375 g/mol. The lowest BCUT2D eigenvalue weighted by molar-refractivity contribution is -0.137. The molecule has 1 N–H and O–H groups in total. The standard InChI is InChI=1S/C19H21NO3S2/c1-19(2,3)14-9-7-13(8-10-14)5-4-6-15-17(23)20(18(24)25-15)12-11-16(21)22/h4-10H,11-12H2,1-3H3,(H,21,22). The Morgan fingerprint density at radius 1 is 1.28 bits per heavy atom. The molecule has 1 saturated heterocycles. The molecule has 0 saturated carbocycles. The predicted molar refractivity (Wildman–Crippen MR) is 106 cm³/mol. The number of hydrogen-bond acceptors (Lipinski definition) is 4. The highest BCUT2D eigenvalue weighted by Gasteiger charge is 2.31. The Hall–Kier alpha value is -1.92. The van der Waals surface area contributed by atoms with E-state index in [1.165, 1.54) is 22.2 Å². The normalized spacial score (nSPS) is 17.1. The number of carbonyl (C=O) groups is 2. The van der Waals surface area contributed by atoms with Gasteiger partial charge in [-0.25, -0.2) is 0 Å². The number of carboxylic acid groups (broad SMARTS) is 1. The first-order valence-corrected chi connectivity index (χ1v) is 9.15. The molecule has 0 atom stereocenters. The minimum absolute atomic E-state index is 0.106. The first-order valence-electron chi connectivity index (χ1n) is 7.93. The summed E-state index contributed by atoms with van der Waals surface area (Å²) in [6, 6.07) is 8.29. The minimum Gasteiger partial charge on any atom is -0.481 e. The van der Waals surface area contributed by atoms with E-state index in [0.717, 1.165) is 5.56 Å². The van der Waals surface area contributed by atoms with Crippen molar-refractivity contribution >= 4 is 46.3 Å². The molecule has 0 bridgehead atoms. The van der Waals surface area contributed by atoms with Crippen LogP contribution >= 0.6 is 24.0 Å². The Bertz CT molecular complexity index is 743. The highest BCUT2D eigenvalue weighted by atomic mass is 32.2. The van der Waals surface area contributed by atoms with Crippen LogP contribution in [0.15, 0.2) is 41.3 Å². The number of thioether (sulfide) groups is 1. The summed E-state index contributed by atoms with van der Waals surface area (Å²) in [4.78, 5) is 24.8. The summed E-state index contributed by atoms with van der Waals surface area (Å²) in [6.45, 7) is 6.62.